The molecule has 0 aliphatic heterocycles. The number of hydrogen-bond acceptors (Lipinski definition) is 4. The van der Waals surface area contributed by atoms with Crippen molar-refractivity contribution < 1.29 is 4.74 Å². The van der Waals surface area contributed by atoms with Crippen molar-refractivity contribution in [3.05, 3.63) is 45.4 Å². The molecular formula is C17H22N2OS. The van der Waals surface area contributed by atoms with Crippen LogP contribution >= 0.6 is 11.3 Å². The zero-order valence-electron chi connectivity index (χ0n) is 12.8. The number of ether oxygens (including phenoxy) is 1. The molecule has 112 valence electrons. The van der Waals surface area contributed by atoms with E-state index < -0.39 is 0 Å². The molecular weight excluding hydrogens is 280 g/mol. The van der Waals surface area contributed by atoms with Crippen molar-refractivity contribution in [2.45, 2.75) is 45.3 Å². The van der Waals surface area contributed by atoms with Crippen LogP contribution in [0.2, 0.25) is 0 Å². The van der Waals surface area contributed by atoms with Gasteiger partial charge in [-0.15, -0.1) is 11.3 Å². The van der Waals surface area contributed by atoms with Gasteiger partial charge in [0.05, 0.1) is 10.7 Å². The van der Waals surface area contributed by atoms with E-state index >= 15 is 0 Å². The summed E-state index contributed by atoms with van der Waals surface area (Å²) in [4.78, 5) is 4.63. The van der Waals surface area contributed by atoms with Crippen LogP contribution in [-0.2, 0) is 13.0 Å². The molecule has 1 atom stereocenters. The highest BCUT2D eigenvalue weighted by Crippen LogP contribution is 2.37. The molecule has 0 bridgehead atoms. The van der Waals surface area contributed by atoms with Crippen LogP contribution in [-0.4, -0.2) is 12.0 Å². The molecule has 21 heavy (non-hydrogen) atoms. The van der Waals surface area contributed by atoms with E-state index in [4.69, 9.17) is 4.74 Å². The van der Waals surface area contributed by atoms with Gasteiger partial charge in [0, 0.05) is 17.3 Å². The van der Waals surface area contributed by atoms with Gasteiger partial charge in [-0.25, -0.2) is 4.98 Å². The third-order valence-electron chi connectivity index (χ3n) is 4.02. The van der Waals surface area contributed by atoms with Gasteiger partial charge in [0.2, 0.25) is 0 Å². The molecule has 2 aromatic rings. The van der Waals surface area contributed by atoms with Crippen molar-refractivity contribution >= 4 is 11.3 Å². The standard InChI is InChI=1S/C17H22N2OS/c1-11(2)17-19-12(10-21-17)9-20-16-6-4-5-13-14(16)7-8-15(13)18-3/h4-6,10-11,15,18H,7-9H2,1-3H3. The average molecular weight is 302 g/mol. The largest absolute Gasteiger partial charge is 0.487 e. The summed E-state index contributed by atoms with van der Waals surface area (Å²) >= 11 is 1.72. The number of rotatable bonds is 5. The molecule has 1 aliphatic carbocycles. The van der Waals surface area contributed by atoms with E-state index in [2.05, 4.69) is 47.7 Å². The Bertz CT molecular complexity index is 621. The summed E-state index contributed by atoms with van der Waals surface area (Å²) in [7, 11) is 2.02. The van der Waals surface area contributed by atoms with Gasteiger partial charge in [0.25, 0.3) is 0 Å². The first-order valence-corrected chi connectivity index (χ1v) is 8.43. The van der Waals surface area contributed by atoms with E-state index in [0.717, 1.165) is 24.3 Å². The lowest BCUT2D eigenvalue weighted by Gasteiger charge is -2.12. The van der Waals surface area contributed by atoms with Gasteiger partial charge in [0.15, 0.2) is 0 Å². The second-order valence-electron chi connectivity index (χ2n) is 5.82. The molecule has 0 radical (unpaired) electrons. The van der Waals surface area contributed by atoms with Gasteiger partial charge < -0.3 is 10.1 Å². The van der Waals surface area contributed by atoms with Crippen LogP contribution in [0, 0.1) is 0 Å². The minimum Gasteiger partial charge on any atom is -0.487 e. The summed E-state index contributed by atoms with van der Waals surface area (Å²) in [5.41, 5.74) is 3.77. The van der Waals surface area contributed by atoms with Crippen LogP contribution in [0.4, 0.5) is 0 Å². The van der Waals surface area contributed by atoms with E-state index in [1.54, 1.807) is 11.3 Å². The molecule has 1 aliphatic rings. The monoisotopic (exact) mass is 302 g/mol. The van der Waals surface area contributed by atoms with Crippen molar-refractivity contribution in [1.82, 2.24) is 10.3 Å². The Morgan fingerprint density at radius 2 is 2.29 bits per heavy atom. The van der Waals surface area contributed by atoms with Crippen molar-refractivity contribution in [1.29, 1.82) is 0 Å². The van der Waals surface area contributed by atoms with Crippen molar-refractivity contribution in [2.75, 3.05) is 7.05 Å². The van der Waals surface area contributed by atoms with E-state index in [-0.39, 0.29) is 0 Å². The maximum atomic E-state index is 6.04. The lowest BCUT2D eigenvalue weighted by molar-refractivity contribution is 0.299. The smallest absolute Gasteiger partial charge is 0.131 e. The second kappa shape index (κ2) is 6.16. The number of fused-ring (bicyclic) bond motifs is 1. The summed E-state index contributed by atoms with van der Waals surface area (Å²) in [6.07, 6.45) is 2.24. The molecule has 1 aromatic carbocycles. The fourth-order valence-corrected chi connectivity index (χ4v) is 3.68. The topological polar surface area (TPSA) is 34.1 Å². The Labute approximate surface area is 130 Å². The minimum absolute atomic E-state index is 0.468. The van der Waals surface area contributed by atoms with Gasteiger partial charge in [0.1, 0.15) is 12.4 Å². The number of hydrogen-bond donors (Lipinski definition) is 1. The highest BCUT2D eigenvalue weighted by atomic mass is 32.1. The molecule has 0 spiro atoms. The van der Waals surface area contributed by atoms with E-state index in [9.17, 15) is 0 Å². The van der Waals surface area contributed by atoms with Crippen LogP contribution in [0.15, 0.2) is 23.6 Å². The maximum Gasteiger partial charge on any atom is 0.131 e. The number of aromatic nitrogens is 1. The molecule has 1 unspecified atom stereocenters. The van der Waals surface area contributed by atoms with Gasteiger partial charge in [-0.3, -0.25) is 0 Å². The Morgan fingerprint density at radius 3 is 3.00 bits per heavy atom. The van der Waals surface area contributed by atoms with Gasteiger partial charge >= 0.3 is 0 Å². The van der Waals surface area contributed by atoms with E-state index in [0.29, 0.717) is 18.6 Å². The molecule has 0 saturated heterocycles. The lowest BCUT2D eigenvalue weighted by Crippen LogP contribution is -2.12. The number of nitrogens with one attached hydrogen (secondary N) is 1. The second-order valence-corrected chi connectivity index (χ2v) is 6.71. The molecule has 0 saturated carbocycles. The van der Waals surface area contributed by atoms with Crippen LogP contribution in [0.5, 0.6) is 5.75 Å². The van der Waals surface area contributed by atoms with Gasteiger partial charge in [-0.05, 0) is 37.1 Å². The predicted molar refractivity (Wildman–Crippen MR) is 87.1 cm³/mol. The minimum atomic E-state index is 0.468. The Morgan fingerprint density at radius 1 is 1.43 bits per heavy atom. The molecule has 4 heteroatoms. The zero-order valence-corrected chi connectivity index (χ0v) is 13.7. The number of benzene rings is 1. The lowest BCUT2D eigenvalue weighted by atomic mass is 10.1. The Kier molecular flexibility index (Phi) is 4.27. The Balaban J connectivity index is 1.72. The highest BCUT2D eigenvalue weighted by Gasteiger charge is 2.23. The fraction of sp³-hybridized carbons (Fsp3) is 0.471. The summed E-state index contributed by atoms with van der Waals surface area (Å²) < 4.78 is 6.04. The van der Waals surface area contributed by atoms with Crippen LogP contribution in [0.1, 0.15) is 54.1 Å². The summed E-state index contributed by atoms with van der Waals surface area (Å²) in [5.74, 6) is 1.51. The van der Waals surface area contributed by atoms with Crippen LogP contribution in [0.25, 0.3) is 0 Å². The van der Waals surface area contributed by atoms with Gasteiger partial charge in [-0.2, -0.15) is 0 Å². The van der Waals surface area contributed by atoms with Gasteiger partial charge in [-0.1, -0.05) is 26.0 Å². The molecule has 1 N–H and O–H groups in total. The quantitative estimate of drug-likeness (QED) is 0.904. The molecule has 1 heterocycles. The predicted octanol–water partition coefficient (Wildman–Crippen LogP) is 4.05. The maximum absolute atomic E-state index is 6.04. The fourth-order valence-electron chi connectivity index (χ4n) is 2.86. The van der Waals surface area contributed by atoms with Crippen LogP contribution < -0.4 is 10.1 Å². The first-order chi connectivity index (χ1) is 10.2. The number of thiazole rings is 1. The summed E-state index contributed by atoms with van der Waals surface area (Å²) in [5, 5.41) is 6.66. The summed E-state index contributed by atoms with van der Waals surface area (Å²) in [6, 6.07) is 6.84. The first-order valence-electron chi connectivity index (χ1n) is 7.55. The number of nitrogens with zero attached hydrogens (tertiary/aromatic N) is 1. The van der Waals surface area contributed by atoms with E-state index in [1.165, 1.54) is 16.1 Å². The molecule has 1 aromatic heterocycles. The van der Waals surface area contributed by atoms with Crippen molar-refractivity contribution in [3.63, 3.8) is 0 Å². The SMILES string of the molecule is CNC1CCc2c(OCc3csc(C(C)C)n3)cccc21. The summed E-state index contributed by atoms with van der Waals surface area (Å²) in [6.45, 7) is 4.90. The first kappa shape index (κ1) is 14.5. The van der Waals surface area contributed by atoms with Crippen molar-refractivity contribution in [2.24, 2.45) is 0 Å². The molecule has 3 nitrogen and oxygen atoms in total. The molecule has 0 amide bonds. The molecule has 3 rings (SSSR count). The third kappa shape index (κ3) is 2.97. The Hall–Kier alpha value is -1.39. The van der Waals surface area contributed by atoms with E-state index in [1.807, 2.05) is 7.05 Å². The van der Waals surface area contributed by atoms with Crippen LogP contribution in [0.3, 0.4) is 0 Å². The van der Waals surface area contributed by atoms with Crippen molar-refractivity contribution in [3.8, 4) is 5.75 Å². The molecule has 0 fully saturated rings. The highest BCUT2D eigenvalue weighted by molar-refractivity contribution is 7.09. The average Bonchev–Trinajstić information content (AvgIpc) is 3.11. The normalized spacial score (nSPS) is 17.2. The zero-order chi connectivity index (χ0) is 14.8. The third-order valence-corrected chi connectivity index (χ3v) is 5.21.